The quantitative estimate of drug-likeness (QED) is 0.872. The third-order valence-corrected chi connectivity index (χ3v) is 3.36. The van der Waals surface area contributed by atoms with Gasteiger partial charge in [0, 0.05) is 30.5 Å². The van der Waals surface area contributed by atoms with E-state index in [1.807, 2.05) is 56.0 Å². The fraction of sp³-hybridized carbons (Fsp3) is 0.333. The van der Waals surface area contributed by atoms with Crippen molar-refractivity contribution < 1.29 is 4.79 Å². The van der Waals surface area contributed by atoms with Crippen molar-refractivity contribution in [2.45, 2.75) is 20.4 Å². The molecule has 0 fully saturated rings. The molecule has 1 amide bonds. The van der Waals surface area contributed by atoms with Gasteiger partial charge < -0.3 is 10.6 Å². The molecule has 1 aromatic carbocycles. The molecule has 20 heavy (non-hydrogen) atoms. The Bertz CT molecular complexity index is 604. The third kappa shape index (κ3) is 3.45. The number of carbonyl (C=O) groups excluding carboxylic acids is 1. The van der Waals surface area contributed by atoms with Gasteiger partial charge in [-0.1, -0.05) is 18.2 Å². The highest BCUT2D eigenvalue weighted by atomic mass is 16.1. The molecule has 1 aromatic heterocycles. The van der Waals surface area contributed by atoms with Crippen molar-refractivity contribution in [3.8, 4) is 0 Å². The van der Waals surface area contributed by atoms with Crippen LogP contribution in [0.5, 0.6) is 0 Å². The van der Waals surface area contributed by atoms with Crippen LogP contribution < -0.4 is 10.6 Å². The number of nitrogens with one attached hydrogen (secondary N) is 2. The third-order valence-electron chi connectivity index (χ3n) is 3.36. The van der Waals surface area contributed by atoms with Crippen LogP contribution in [-0.4, -0.2) is 22.2 Å². The summed E-state index contributed by atoms with van der Waals surface area (Å²) in [5, 5.41) is 10.2. The minimum Gasteiger partial charge on any atom is -0.325 e. The number of aromatic nitrogens is 2. The Morgan fingerprint density at radius 3 is 2.70 bits per heavy atom. The van der Waals surface area contributed by atoms with E-state index in [4.69, 9.17) is 0 Å². The summed E-state index contributed by atoms with van der Waals surface area (Å²) in [5.74, 6) is -0.0409. The first kappa shape index (κ1) is 14.3. The molecule has 5 heteroatoms. The molecule has 0 radical (unpaired) electrons. The van der Waals surface area contributed by atoms with Crippen LogP contribution in [0.2, 0.25) is 0 Å². The van der Waals surface area contributed by atoms with Gasteiger partial charge in [0.2, 0.25) is 5.91 Å². The summed E-state index contributed by atoms with van der Waals surface area (Å²) >= 11 is 0. The highest BCUT2D eigenvalue weighted by molar-refractivity contribution is 5.92. The number of carbonyl (C=O) groups is 1. The van der Waals surface area contributed by atoms with Crippen LogP contribution in [0.15, 0.2) is 30.5 Å². The van der Waals surface area contributed by atoms with E-state index in [-0.39, 0.29) is 12.5 Å². The fourth-order valence-corrected chi connectivity index (χ4v) is 1.94. The van der Waals surface area contributed by atoms with Crippen LogP contribution in [0.25, 0.3) is 0 Å². The first-order valence-electron chi connectivity index (χ1n) is 6.61. The Morgan fingerprint density at radius 2 is 2.05 bits per heavy atom. The summed E-state index contributed by atoms with van der Waals surface area (Å²) in [5.41, 5.74) is 4.13. The van der Waals surface area contributed by atoms with E-state index in [1.165, 1.54) is 0 Å². The van der Waals surface area contributed by atoms with Gasteiger partial charge in [0.05, 0.1) is 12.7 Å². The number of aryl methyl sites for hydroxylation is 2. The lowest BCUT2D eigenvalue weighted by molar-refractivity contribution is -0.115. The first-order valence-corrected chi connectivity index (χ1v) is 6.61. The lowest BCUT2D eigenvalue weighted by Crippen LogP contribution is -2.28. The molecule has 106 valence electrons. The normalized spacial score (nSPS) is 10.6. The Balaban J connectivity index is 1.81. The number of para-hydroxylation sites is 1. The van der Waals surface area contributed by atoms with Crippen molar-refractivity contribution in [3.63, 3.8) is 0 Å². The minimum atomic E-state index is -0.0409. The highest BCUT2D eigenvalue weighted by Gasteiger charge is 2.06. The molecule has 0 aliphatic heterocycles. The van der Waals surface area contributed by atoms with E-state index in [0.717, 1.165) is 22.5 Å². The van der Waals surface area contributed by atoms with Crippen LogP contribution in [-0.2, 0) is 18.4 Å². The summed E-state index contributed by atoms with van der Waals surface area (Å²) < 4.78 is 1.82. The van der Waals surface area contributed by atoms with Crippen molar-refractivity contribution in [2.24, 2.45) is 7.05 Å². The Labute approximate surface area is 119 Å². The molecule has 0 spiro atoms. The summed E-state index contributed by atoms with van der Waals surface area (Å²) in [6.07, 6.45) is 1.82. The van der Waals surface area contributed by atoms with E-state index in [1.54, 1.807) is 0 Å². The molecule has 0 aliphatic carbocycles. The van der Waals surface area contributed by atoms with Gasteiger partial charge >= 0.3 is 0 Å². The second kappa shape index (κ2) is 6.34. The number of nitrogens with zero attached hydrogens (tertiary/aromatic N) is 2. The maximum Gasteiger partial charge on any atom is 0.238 e. The molecule has 5 nitrogen and oxygen atoms in total. The molecular formula is C15H20N4O. The van der Waals surface area contributed by atoms with Crippen LogP contribution in [0.4, 0.5) is 5.69 Å². The van der Waals surface area contributed by atoms with Gasteiger partial charge in [0.25, 0.3) is 0 Å². The zero-order valence-corrected chi connectivity index (χ0v) is 12.1. The highest BCUT2D eigenvalue weighted by Crippen LogP contribution is 2.12. The zero-order chi connectivity index (χ0) is 14.5. The smallest absolute Gasteiger partial charge is 0.238 e. The monoisotopic (exact) mass is 272 g/mol. The lowest BCUT2D eigenvalue weighted by atomic mass is 10.2. The number of anilines is 1. The number of hydrogen-bond acceptors (Lipinski definition) is 3. The lowest BCUT2D eigenvalue weighted by Gasteiger charge is -2.08. The van der Waals surface area contributed by atoms with Gasteiger partial charge in [0.1, 0.15) is 0 Å². The summed E-state index contributed by atoms with van der Waals surface area (Å²) in [6, 6.07) is 7.74. The van der Waals surface area contributed by atoms with E-state index >= 15 is 0 Å². The number of rotatable bonds is 5. The minimum absolute atomic E-state index is 0.0409. The molecule has 0 unspecified atom stereocenters. The van der Waals surface area contributed by atoms with Crippen molar-refractivity contribution in [1.82, 2.24) is 15.1 Å². The van der Waals surface area contributed by atoms with E-state index < -0.39 is 0 Å². The SMILES string of the molecule is Cc1ccccc1NC(=O)CNCc1cnn(C)c1C. The summed E-state index contributed by atoms with van der Waals surface area (Å²) in [6.45, 7) is 4.91. The van der Waals surface area contributed by atoms with Crippen molar-refractivity contribution >= 4 is 11.6 Å². The van der Waals surface area contributed by atoms with E-state index in [0.29, 0.717) is 6.54 Å². The Hall–Kier alpha value is -2.14. The van der Waals surface area contributed by atoms with Gasteiger partial charge in [-0.25, -0.2) is 0 Å². The number of benzene rings is 1. The van der Waals surface area contributed by atoms with Crippen molar-refractivity contribution in [2.75, 3.05) is 11.9 Å². The summed E-state index contributed by atoms with van der Waals surface area (Å²) in [7, 11) is 1.91. The number of hydrogen-bond donors (Lipinski definition) is 2. The molecule has 2 rings (SSSR count). The molecule has 2 N–H and O–H groups in total. The number of amides is 1. The fourth-order valence-electron chi connectivity index (χ4n) is 1.94. The predicted octanol–water partition coefficient (Wildman–Crippen LogP) is 1.77. The average molecular weight is 272 g/mol. The van der Waals surface area contributed by atoms with Gasteiger partial charge in [-0.2, -0.15) is 5.10 Å². The molecule has 1 heterocycles. The first-order chi connectivity index (χ1) is 9.58. The van der Waals surface area contributed by atoms with Crippen molar-refractivity contribution in [1.29, 1.82) is 0 Å². The van der Waals surface area contributed by atoms with Gasteiger partial charge in [-0.3, -0.25) is 9.48 Å². The second-order valence-corrected chi connectivity index (χ2v) is 4.85. The average Bonchev–Trinajstić information content (AvgIpc) is 2.73. The second-order valence-electron chi connectivity index (χ2n) is 4.85. The molecule has 0 saturated heterocycles. The van der Waals surface area contributed by atoms with Crippen molar-refractivity contribution in [3.05, 3.63) is 47.3 Å². The van der Waals surface area contributed by atoms with Crippen LogP contribution >= 0.6 is 0 Å². The molecular weight excluding hydrogens is 252 g/mol. The standard InChI is InChI=1S/C15H20N4O/c1-11-6-4-5-7-14(11)18-15(20)10-16-8-13-9-17-19(3)12(13)2/h4-7,9,16H,8,10H2,1-3H3,(H,18,20). The maximum absolute atomic E-state index is 11.9. The van der Waals surface area contributed by atoms with Gasteiger partial charge in [-0.15, -0.1) is 0 Å². The molecule has 2 aromatic rings. The van der Waals surface area contributed by atoms with Gasteiger partial charge in [-0.05, 0) is 25.5 Å². The molecule has 0 atom stereocenters. The topological polar surface area (TPSA) is 59.0 Å². The Morgan fingerprint density at radius 1 is 1.30 bits per heavy atom. The van der Waals surface area contributed by atoms with Gasteiger partial charge in [0.15, 0.2) is 0 Å². The van der Waals surface area contributed by atoms with E-state index in [2.05, 4.69) is 15.7 Å². The van der Waals surface area contributed by atoms with Crippen LogP contribution in [0.3, 0.4) is 0 Å². The Kier molecular flexibility index (Phi) is 4.53. The molecule has 0 saturated carbocycles. The summed E-state index contributed by atoms with van der Waals surface area (Å²) in [4.78, 5) is 11.9. The largest absolute Gasteiger partial charge is 0.325 e. The maximum atomic E-state index is 11.9. The van der Waals surface area contributed by atoms with E-state index in [9.17, 15) is 4.79 Å². The van der Waals surface area contributed by atoms with Crippen LogP contribution in [0.1, 0.15) is 16.8 Å². The molecule has 0 aliphatic rings. The predicted molar refractivity (Wildman–Crippen MR) is 79.5 cm³/mol. The molecule has 0 bridgehead atoms. The zero-order valence-electron chi connectivity index (χ0n) is 12.1. The van der Waals surface area contributed by atoms with Crippen LogP contribution in [0, 0.1) is 13.8 Å².